The highest BCUT2D eigenvalue weighted by Crippen LogP contribution is 2.23. The number of rotatable bonds is 5. The van der Waals surface area contributed by atoms with Crippen LogP contribution < -0.4 is 15.0 Å². The van der Waals surface area contributed by atoms with E-state index in [0.29, 0.717) is 11.8 Å². The van der Waals surface area contributed by atoms with E-state index < -0.39 is 0 Å². The third-order valence-electron chi connectivity index (χ3n) is 4.78. The lowest BCUT2D eigenvalue weighted by Gasteiger charge is -2.36. The van der Waals surface area contributed by atoms with E-state index in [4.69, 9.17) is 4.74 Å². The quantitative estimate of drug-likeness (QED) is 0.333. The van der Waals surface area contributed by atoms with E-state index in [1.54, 1.807) is 13.3 Å². The van der Waals surface area contributed by atoms with E-state index in [1.807, 2.05) is 19.4 Å². The van der Waals surface area contributed by atoms with Crippen LogP contribution in [0.1, 0.15) is 11.1 Å². The van der Waals surface area contributed by atoms with Gasteiger partial charge in [0.15, 0.2) is 5.96 Å². The second kappa shape index (κ2) is 11.5. The number of ether oxygens (including phenoxy) is 1. The fourth-order valence-electron chi connectivity index (χ4n) is 3.18. The third-order valence-corrected chi connectivity index (χ3v) is 5.32. The molecule has 1 fully saturated rings. The maximum Gasteiger partial charge on any atom is 0.232 e. The topological polar surface area (TPSA) is 78.8 Å². The fraction of sp³-hybridized carbons (Fsp3) is 0.474. The molecule has 0 unspecified atom stereocenters. The molecule has 2 aromatic rings. The van der Waals surface area contributed by atoms with Gasteiger partial charge in [-0.2, -0.15) is 4.98 Å². The van der Waals surface area contributed by atoms with Gasteiger partial charge in [-0.15, -0.1) is 24.0 Å². The second-order valence-corrected chi connectivity index (χ2v) is 7.38. The first-order valence-electron chi connectivity index (χ1n) is 9.29. The van der Waals surface area contributed by atoms with Crippen LogP contribution in [0.4, 0.5) is 5.95 Å². The molecule has 1 aliphatic rings. The Hall–Kier alpha value is -1.69. The van der Waals surface area contributed by atoms with Gasteiger partial charge >= 0.3 is 0 Å². The number of methoxy groups -OCH3 is 1. The number of aromatic nitrogens is 3. The fourth-order valence-corrected chi connectivity index (χ4v) is 3.53. The minimum atomic E-state index is 0. The smallest absolute Gasteiger partial charge is 0.232 e. The van der Waals surface area contributed by atoms with Crippen molar-refractivity contribution >= 4 is 51.8 Å². The normalized spacial score (nSPS) is 14.4. The summed E-state index contributed by atoms with van der Waals surface area (Å²) >= 11 is 3.39. The van der Waals surface area contributed by atoms with Gasteiger partial charge in [-0.1, -0.05) is 0 Å². The summed E-state index contributed by atoms with van der Waals surface area (Å²) < 4.78 is 6.03. The van der Waals surface area contributed by atoms with Crippen molar-refractivity contribution in [3.8, 4) is 5.88 Å². The van der Waals surface area contributed by atoms with Gasteiger partial charge < -0.3 is 19.9 Å². The molecule has 29 heavy (non-hydrogen) atoms. The maximum absolute atomic E-state index is 5.27. The van der Waals surface area contributed by atoms with Crippen molar-refractivity contribution in [2.24, 2.45) is 4.99 Å². The molecule has 1 aliphatic heterocycles. The Morgan fingerprint density at radius 3 is 2.69 bits per heavy atom. The zero-order valence-corrected chi connectivity index (χ0v) is 20.8. The summed E-state index contributed by atoms with van der Waals surface area (Å²) in [5.41, 5.74) is 2.53. The molecule has 2 aromatic heterocycles. The summed E-state index contributed by atoms with van der Waals surface area (Å²) in [6.45, 7) is 6.30. The first kappa shape index (κ1) is 23.6. The molecule has 0 atom stereocenters. The van der Waals surface area contributed by atoms with Crippen LogP contribution in [0.2, 0.25) is 0 Å². The number of nitrogens with zero attached hydrogens (tertiary/aromatic N) is 6. The van der Waals surface area contributed by atoms with Crippen molar-refractivity contribution in [3.63, 3.8) is 0 Å². The third kappa shape index (κ3) is 6.14. The van der Waals surface area contributed by atoms with Crippen LogP contribution in [0.25, 0.3) is 0 Å². The summed E-state index contributed by atoms with van der Waals surface area (Å²) in [5, 5.41) is 3.47. The highest BCUT2D eigenvalue weighted by molar-refractivity contribution is 14.0. The van der Waals surface area contributed by atoms with Crippen molar-refractivity contribution in [2.45, 2.75) is 13.3 Å². The van der Waals surface area contributed by atoms with Crippen LogP contribution in [0.5, 0.6) is 5.88 Å². The summed E-state index contributed by atoms with van der Waals surface area (Å²) in [7, 11) is 3.44. The molecule has 1 N–H and O–H groups in total. The molecule has 3 rings (SSSR count). The summed E-state index contributed by atoms with van der Waals surface area (Å²) in [6.07, 6.45) is 6.42. The predicted octanol–water partition coefficient (Wildman–Crippen LogP) is 2.51. The van der Waals surface area contributed by atoms with E-state index >= 15 is 0 Å². The number of pyridine rings is 1. The van der Waals surface area contributed by atoms with Gasteiger partial charge in [-0.25, -0.2) is 4.98 Å². The van der Waals surface area contributed by atoms with Crippen molar-refractivity contribution in [2.75, 3.05) is 51.8 Å². The number of aryl methyl sites for hydroxylation is 1. The number of guanidine groups is 1. The molecule has 0 aliphatic carbocycles. The molecule has 10 heteroatoms. The Labute approximate surface area is 197 Å². The van der Waals surface area contributed by atoms with Crippen LogP contribution in [0.15, 0.2) is 34.1 Å². The number of hydrogen-bond acceptors (Lipinski definition) is 6. The van der Waals surface area contributed by atoms with Crippen LogP contribution in [0.3, 0.4) is 0 Å². The van der Waals surface area contributed by atoms with Crippen LogP contribution in [-0.4, -0.2) is 72.7 Å². The molecule has 0 radical (unpaired) electrons. The summed E-state index contributed by atoms with van der Waals surface area (Å²) in [6, 6.07) is 2.07. The highest BCUT2D eigenvalue weighted by Gasteiger charge is 2.22. The van der Waals surface area contributed by atoms with E-state index in [1.165, 1.54) is 11.1 Å². The van der Waals surface area contributed by atoms with Crippen LogP contribution in [-0.2, 0) is 6.42 Å². The lowest BCUT2D eigenvalue weighted by Crippen LogP contribution is -2.53. The Balaban J connectivity index is 0.00000300. The molecular weight excluding hydrogens is 549 g/mol. The Morgan fingerprint density at radius 2 is 2.03 bits per heavy atom. The van der Waals surface area contributed by atoms with Gasteiger partial charge in [0.05, 0.1) is 17.8 Å². The van der Waals surface area contributed by atoms with Crippen molar-refractivity contribution in [1.82, 2.24) is 25.2 Å². The Bertz CT molecular complexity index is 828. The maximum atomic E-state index is 5.27. The number of anilines is 1. The van der Waals surface area contributed by atoms with Crippen molar-refractivity contribution in [1.29, 1.82) is 0 Å². The van der Waals surface area contributed by atoms with Crippen LogP contribution in [0, 0.1) is 6.92 Å². The Morgan fingerprint density at radius 1 is 1.28 bits per heavy atom. The summed E-state index contributed by atoms with van der Waals surface area (Å²) in [4.78, 5) is 21.9. The zero-order chi connectivity index (χ0) is 19.9. The molecule has 8 nitrogen and oxygen atoms in total. The van der Waals surface area contributed by atoms with Crippen molar-refractivity contribution in [3.05, 3.63) is 40.3 Å². The monoisotopic (exact) mass is 575 g/mol. The van der Waals surface area contributed by atoms with Gasteiger partial charge in [0.2, 0.25) is 11.8 Å². The lowest BCUT2D eigenvalue weighted by atomic mass is 10.1. The van der Waals surface area contributed by atoms with Crippen LogP contribution >= 0.6 is 39.9 Å². The largest absolute Gasteiger partial charge is 0.480 e. The number of aliphatic imine (C=N–C) groups is 1. The van der Waals surface area contributed by atoms with E-state index in [-0.39, 0.29) is 24.0 Å². The van der Waals surface area contributed by atoms with E-state index in [2.05, 4.69) is 64.0 Å². The lowest BCUT2D eigenvalue weighted by molar-refractivity contribution is 0.366. The van der Waals surface area contributed by atoms with E-state index in [0.717, 1.165) is 49.6 Å². The summed E-state index contributed by atoms with van der Waals surface area (Å²) in [5.74, 6) is 2.17. The van der Waals surface area contributed by atoms with E-state index in [9.17, 15) is 0 Å². The van der Waals surface area contributed by atoms with Gasteiger partial charge in [0.1, 0.15) is 0 Å². The number of nitrogens with one attached hydrogen (secondary N) is 1. The van der Waals surface area contributed by atoms with Crippen molar-refractivity contribution < 1.29 is 4.74 Å². The minimum Gasteiger partial charge on any atom is -0.480 e. The molecule has 1 saturated heterocycles. The SMILES string of the molecule is CN=C(NCCc1ccncc1C)N1CCN(c2ncc(Br)c(OC)n2)CC1.I. The standard InChI is InChI=1S/C19H26BrN7O.HI/c1-14-12-22-6-4-15(14)5-7-23-18(21-2)26-8-10-27(11-9-26)19-24-13-16(20)17(25-19)28-3;/h4,6,12-13H,5,7-11H2,1-3H3,(H,21,23);1H. The second-order valence-electron chi connectivity index (χ2n) is 6.53. The minimum absolute atomic E-state index is 0. The predicted molar refractivity (Wildman–Crippen MR) is 130 cm³/mol. The first-order valence-corrected chi connectivity index (χ1v) is 10.1. The number of piperazine rings is 1. The van der Waals surface area contributed by atoms with Gasteiger partial charge in [0, 0.05) is 52.2 Å². The molecule has 0 spiro atoms. The number of hydrogen-bond donors (Lipinski definition) is 1. The van der Waals surface area contributed by atoms with Gasteiger partial charge in [-0.3, -0.25) is 9.98 Å². The Kier molecular flexibility index (Phi) is 9.34. The average Bonchev–Trinajstić information content (AvgIpc) is 2.73. The molecule has 3 heterocycles. The van der Waals surface area contributed by atoms with Gasteiger partial charge in [-0.05, 0) is 46.5 Å². The molecular formula is C19H27BrIN7O. The molecule has 0 bridgehead atoms. The molecule has 0 saturated carbocycles. The molecule has 0 aromatic carbocycles. The first-order chi connectivity index (χ1) is 13.6. The highest BCUT2D eigenvalue weighted by atomic mass is 127. The number of halogens is 2. The molecule has 0 amide bonds. The average molecular weight is 576 g/mol. The zero-order valence-electron chi connectivity index (χ0n) is 16.9. The van der Waals surface area contributed by atoms with Gasteiger partial charge in [0.25, 0.3) is 0 Å². The molecule has 158 valence electrons.